The van der Waals surface area contributed by atoms with Gasteiger partial charge < -0.3 is 14.3 Å². The minimum Gasteiger partial charge on any atom is -0.507 e. The van der Waals surface area contributed by atoms with Gasteiger partial charge in [0.15, 0.2) is 0 Å². The Balaban J connectivity index is 1.67. The maximum Gasteiger partial charge on any atom is 0.337 e. The molecule has 1 amide bonds. The molecule has 0 aliphatic heterocycles. The Morgan fingerprint density at radius 2 is 1.90 bits per heavy atom. The number of aromatic hydroxyl groups is 1. The lowest BCUT2D eigenvalue weighted by Gasteiger charge is -2.02. The molecule has 0 fully saturated rings. The normalized spacial score (nSPS) is 10.7. The van der Waals surface area contributed by atoms with Crippen molar-refractivity contribution in [2.45, 2.75) is 0 Å². The van der Waals surface area contributed by atoms with Crippen molar-refractivity contribution in [3.05, 3.63) is 81.6 Å². The third-order valence-electron chi connectivity index (χ3n) is 4.01. The first kappa shape index (κ1) is 20.3. The molecule has 0 atom stereocenters. The van der Waals surface area contributed by atoms with Crippen molar-refractivity contribution >= 4 is 23.8 Å². The predicted octanol–water partition coefficient (Wildman–Crippen LogP) is 3.11. The van der Waals surface area contributed by atoms with Crippen molar-refractivity contribution in [1.82, 2.24) is 5.43 Å². The molecule has 2 aromatic carbocycles. The van der Waals surface area contributed by atoms with Crippen molar-refractivity contribution in [3.8, 4) is 17.1 Å². The van der Waals surface area contributed by atoms with E-state index in [-0.39, 0.29) is 11.3 Å². The van der Waals surface area contributed by atoms with Crippen LogP contribution in [-0.4, -0.2) is 35.2 Å². The van der Waals surface area contributed by atoms with Gasteiger partial charge in [-0.3, -0.25) is 14.9 Å². The Hall–Kier alpha value is -4.47. The number of ether oxygens (including phenoxy) is 1. The van der Waals surface area contributed by atoms with Gasteiger partial charge >= 0.3 is 5.97 Å². The number of hydrazone groups is 1. The zero-order valence-corrected chi connectivity index (χ0v) is 15.6. The number of nitrogens with zero attached hydrogens (tertiary/aromatic N) is 2. The van der Waals surface area contributed by atoms with Crippen LogP contribution in [-0.2, 0) is 4.74 Å². The number of nitro benzene ring substituents is 1. The van der Waals surface area contributed by atoms with Gasteiger partial charge in [0.1, 0.15) is 17.3 Å². The molecular formula is C20H15N3O7. The van der Waals surface area contributed by atoms with Gasteiger partial charge in [-0.15, -0.1) is 0 Å². The summed E-state index contributed by atoms with van der Waals surface area (Å²) in [5.41, 5.74) is 2.66. The van der Waals surface area contributed by atoms with E-state index in [0.29, 0.717) is 22.6 Å². The van der Waals surface area contributed by atoms with Gasteiger partial charge in [0.2, 0.25) is 0 Å². The smallest absolute Gasteiger partial charge is 0.337 e. The number of hydrogen-bond donors (Lipinski definition) is 2. The predicted molar refractivity (Wildman–Crippen MR) is 105 cm³/mol. The van der Waals surface area contributed by atoms with Crippen LogP contribution < -0.4 is 5.43 Å². The van der Waals surface area contributed by atoms with E-state index in [1.165, 1.54) is 13.3 Å². The molecule has 1 heterocycles. The Labute approximate surface area is 169 Å². The van der Waals surface area contributed by atoms with Crippen LogP contribution in [0.25, 0.3) is 11.3 Å². The number of furan rings is 1. The molecule has 0 spiro atoms. The first-order chi connectivity index (χ1) is 14.4. The highest BCUT2D eigenvalue weighted by Crippen LogP contribution is 2.23. The van der Waals surface area contributed by atoms with Crippen molar-refractivity contribution < 1.29 is 28.8 Å². The van der Waals surface area contributed by atoms with E-state index in [2.05, 4.69) is 15.3 Å². The molecule has 152 valence electrons. The quantitative estimate of drug-likeness (QED) is 0.275. The molecule has 0 saturated heterocycles. The van der Waals surface area contributed by atoms with E-state index in [1.54, 1.807) is 36.4 Å². The van der Waals surface area contributed by atoms with Crippen LogP contribution in [0.15, 0.2) is 64.1 Å². The van der Waals surface area contributed by atoms with Crippen molar-refractivity contribution in [2.24, 2.45) is 5.10 Å². The Kier molecular flexibility index (Phi) is 5.87. The largest absolute Gasteiger partial charge is 0.507 e. The molecular weight excluding hydrogens is 394 g/mol. The van der Waals surface area contributed by atoms with Gasteiger partial charge in [-0.2, -0.15) is 5.10 Å². The van der Waals surface area contributed by atoms with Gasteiger partial charge in [-0.25, -0.2) is 10.2 Å². The molecule has 0 bridgehead atoms. The van der Waals surface area contributed by atoms with E-state index in [0.717, 1.165) is 18.2 Å². The van der Waals surface area contributed by atoms with Crippen molar-refractivity contribution in [1.29, 1.82) is 0 Å². The number of phenolic OH excluding ortho intramolecular Hbond substituents is 1. The number of nitro groups is 1. The van der Waals surface area contributed by atoms with Gasteiger partial charge in [-0.05, 0) is 30.3 Å². The monoisotopic (exact) mass is 409 g/mol. The molecule has 0 unspecified atom stereocenters. The Morgan fingerprint density at radius 3 is 2.57 bits per heavy atom. The van der Waals surface area contributed by atoms with Gasteiger partial charge in [-0.1, -0.05) is 12.1 Å². The first-order valence-electron chi connectivity index (χ1n) is 8.48. The van der Waals surface area contributed by atoms with Crippen LogP contribution in [0.1, 0.15) is 26.5 Å². The summed E-state index contributed by atoms with van der Waals surface area (Å²) >= 11 is 0. The maximum absolute atomic E-state index is 12.1. The maximum atomic E-state index is 12.1. The standard InChI is InChI=1S/C20H15N3O7/c1-29-20(26)13-4-2-12(3-5-13)18-9-7-15(30-18)11-21-22-19(25)16-10-14(23(27)28)6-8-17(16)24/h2-11,24H,1H3,(H,22,25)/b21-11+. The molecule has 0 aliphatic carbocycles. The molecule has 0 radical (unpaired) electrons. The molecule has 30 heavy (non-hydrogen) atoms. The molecule has 10 heteroatoms. The number of hydrogen-bond acceptors (Lipinski definition) is 8. The number of carbonyl (C=O) groups is 2. The van der Waals surface area contributed by atoms with Crippen LogP contribution in [0.5, 0.6) is 5.75 Å². The number of phenols is 1. The summed E-state index contributed by atoms with van der Waals surface area (Å²) in [4.78, 5) is 33.7. The fraction of sp³-hybridized carbons (Fsp3) is 0.0500. The summed E-state index contributed by atoms with van der Waals surface area (Å²) in [7, 11) is 1.30. The molecule has 2 N–H and O–H groups in total. The second kappa shape index (κ2) is 8.69. The Morgan fingerprint density at radius 1 is 1.17 bits per heavy atom. The summed E-state index contributed by atoms with van der Waals surface area (Å²) in [6.45, 7) is 0. The van der Waals surface area contributed by atoms with Crippen LogP contribution in [0.4, 0.5) is 5.69 Å². The number of amides is 1. The minimum absolute atomic E-state index is 0.285. The number of esters is 1. The summed E-state index contributed by atoms with van der Waals surface area (Å²) in [5, 5.41) is 24.2. The van der Waals surface area contributed by atoms with Crippen molar-refractivity contribution in [2.75, 3.05) is 7.11 Å². The molecule has 0 aliphatic rings. The highest BCUT2D eigenvalue weighted by atomic mass is 16.6. The van der Waals surface area contributed by atoms with Gasteiger partial charge in [0, 0.05) is 17.7 Å². The van der Waals surface area contributed by atoms with Crippen LogP contribution in [0.2, 0.25) is 0 Å². The zero-order chi connectivity index (χ0) is 21.7. The number of methoxy groups -OCH3 is 1. The summed E-state index contributed by atoms with van der Waals surface area (Å²) in [6, 6.07) is 13.0. The van der Waals surface area contributed by atoms with Gasteiger partial charge in [0.25, 0.3) is 11.6 Å². The van der Waals surface area contributed by atoms with E-state index in [4.69, 9.17) is 4.42 Å². The fourth-order valence-corrected chi connectivity index (χ4v) is 2.50. The van der Waals surface area contributed by atoms with Crippen LogP contribution in [0, 0.1) is 10.1 Å². The van der Waals surface area contributed by atoms with E-state index in [9.17, 15) is 24.8 Å². The average Bonchev–Trinajstić information content (AvgIpc) is 3.22. The highest BCUT2D eigenvalue weighted by Gasteiger charge is 2.16. The third kappa shape index (κ3) is 4.50. The fourth-order valence-electron chi connectivity index (χ4n) is 2.50. The molecule has 0 saturated carbocycles. The highest BCUT2D eigenvalue weighted by molar-refractivity contribution is 5.97. The summed E-state index contributed by atoms with van der Waals surface area (Å²) in [5.74, 6) is -0.845. The Bertz CT molecular complexity index is 1130. The number of non-ortho nitro benzene ring substituents is 1. The molecule has 10 nitrogen and oxygen atoms in total. The second-order valence-electron chi connectivity index (χ2n) is 5.93. The van der Waals surface area contributed by atoms with Crippen LogP contribution >= 0.6 is 0 Å². The lowest BCUT2D eigenvalue weighted by molar-refractivity contribution is -0.384. The van der Waals surface area contributed by atoms with E-state index in [1.807, 2.05) is 0 Å². The van der Waals surface area contributed by atoms with E-state index >= 15 is 0 Å². The number of benzene rings is 2. The first-order valence-corrected chi connectivity index (χ1v) is 8.48. The number of rotatable bonds is 6. The van der Waals surface area contributed by atoms with Crippen LogP contribution in [0.3, 0.4) is 0 Å². The molecule has 3 aromatic rings. The minimum atomic E-state index is -0.822. The topological polar surface area (TPSA) is 144 Å². The number of nitrogens with one attached hydrogen (secondary N) is 1. The second-order valence-corrected chi connectivity index (χ2v) is 5.93. The zero-order valence-electron chi connectivity index (χ0n) is 15.6. The lowest BCUT2D eigenvalue weighted by Crippen LogP contribution is -2.17. The number of carbonyl (C=O) groups excluding carboxylic acids is 2. The summed E-state index contributed by atoms with van der Waals surface area (Å²) in [6.07, 6.45) is 1.23. The molecule has 3 rings (SSSR count). The van der Waals surface area contributed by atoms with E-state index < -0.39 is 22.5 Å². The molecule has 1 aromatic heterocycles. The average molecular weight is 409 g/mol. The third-order valence-corrected chi connectivity index (χ3v) is 4.01. The SMILES string of the molecule is COC(=O)c1ccc(-c2ccc(/C=N/NC(=O)c3cc([N+](=O)[O-])ccc3O)o2)cc1. The summed E-state index contributed by atoms with van der Waals surface area (Å²) < 4.78 is 10.2. The van der Waals surface area contributed by atoms with Gasteiger partial charge in [0.05, 0.1) is 29.4 Å². The van der Waals surface area contributed by atoms with Crippen molar-refractivity contribution in [3.63, 3.8) is 0 Å². The lowest BCUT2D eigenvalue weighted by atomic mass is 10.1.